The Kier molecular flexibility index (Phi) is 5.28. The van der Waals surface area contributed by atoms with Crippen LogP contribution in [0.15, 0.2) is 30.3 Å². The van der Waals surface area contributed by atoms with E-state index in [4.69, 9.17) is 4.98 Å². The molecule has 1 aliphatic heterocycles. The Morgan fingerprint density at radius 1 is 1.19 bits per heavy atom. The van der Waals surface area contributed by atoms with Gasteiger partial charge in [-0.1, -0.05) is 25.5 Å². The van der Waals surface area contributed by atoms with Crippen molar-refractivity contribution >= 4 is 32.5 Å². The van der Waals surface area contributed by atoms with Crippen molar-refractivity contribution < 1.29 is 13.2 Å². The normalized spacial score (nSPS) is 20.0. The largest absolute Gasteiger partial charge is 0.322 e. The lowest BCUT2D eigenvalue weighted by Gasteiger charge is -2.12. The van der Waals surface area contributed by atoms with Gasteiger partial charge in [-0.3, -0.25) is 4.79 Å². The van der Waals surface area contributed by atoms with Gasteiger partial charge in [0.1, 0.15) is 0 Å². The molecule has 7 nitrogen and oxygen atoms in total. The Morgan fingerprint density at radius 3 is 2.56 bits per heavy atom. The zero-order valence-corrected chi connectivity index (χ0v) is 19.3. The van der Waals surface area contributed by atoms with Crippen LogP contribution in [0.3, 0.4) is 0 Å². The molecule has 1 N–H and O–H groups in total. The van der Waals surface area contributed by atoms with Crippen molar-refractivity contribution in [2.75, 3.05) is 16.8 Å². The van der Waals surface area contributed by atoms with Gasteiger partial charge in [0.05, 0.1) is 34.2 Å². The number of rotatable bonds is 6. The number of benzene rings is 1. The lowest BCUT2D eigenvalue weighted by atomic mass is 10.1. The van der Waals surface area contributed by atoms with E-state index in [1.165, 1.54) is 5.56 Å². The molecule has 2 aliphatic rings. The molecule has 1 saturated heterocycles. The van der Waals surface area contributed by atoms with E-state index in [-0.39, 0.29) is 23.5 Å². The predicted molar refractivity (Wildman–Crippen MR) is 125 cm³/mol. The molecule has 1 aliphatic carbocycles. The van der Waals surface area contributed by atoms with Crippen molar-refractivity contribution in [3.05, 3.63) is 52.8 Å². The fraction of sp³-hybridized carbons (Fsp3) is 0.458. The summed E-state index contributed by atoms with van der Waals surface area (Å²) in [5, 5.41) is 8.38. The number of pyridine rings is 1. The molecule has 3 aromatic rings. The molecule has 0 bridgehead atoms. The van der Waals surface area contributed by atoms with E-state index in [1.54, 1.807) is 4.68 Å². The third kappa shape index (κ3) is 4.03. The van der Waals surface area contributed by atoms with Crippen LogP contribution >= 0.6 is 0 Å². The first-order valence-electron chi connectivity index (χ1n) is 11.3. The average molecular weight is 453 g/mol. The Labute approximate surface area is 188 Å². The van der Waals surface area contributed by atoms with Gasteiger partial charge in [0, 0.05) is 17.3 Å². The molecule has 1 amide bonds. The van der Waals surface area contributed by atoms with E-state index in [9.17, 15) is 13.2 Å². The van der Waals surface area contributed by atoms with Crippen LogP contribution in [0.2, 0.25) is 0 Å². The van der Waals surface area contributed by atoms with Crippen LogP contribution in [0.1, 0.15) is 71.9 Å². The Balaban J connectivity index is 1.54. The van der Waals surface area contributed by atoms with Crippen LogP contribution in [0, 0.1) is 6.92 Å². The molecule has 1 atom stereocenters. The SMILES string of the molecule is CCCc1ccc(NC(=O)c2cc(C3CC3)nc3c2c(C)nn3C2CCS(=O)(=O)C2)cc1. The number of nitrogens with one attached hydrogen (secondary N) is 1. The molecule has 0 radical (unpaired) electrons. The maximum absolute atomic E-state index is 13.3. The summed E-state index contributed by atoms with van der Waals surface area (Å²) >= 11 is 0. The number of carbonyl (C=O) groups excluding carboxylic acids is 1. The lowest BCUT2D eigenvalue weighted by molar-refractivity contribution is 0.102. The van der Waals surface area contributed by atoms with E-state index in [0.29, 0.717) is 34.6 Å². The van der Waals surface area contributed by atoms with E-state index in [1.807, 2.05) is 37.3 Å². The number of sulfone groups is 1. The van der Waals surface area contributed by atoms with Crippen LogP contribution in [-0.2, 0) is 16.3 Å². The highest BCUT2D eigenvalue weighted by molar-refractivity contribution is 7.91. The molecule has 2 aromatic heterocycles. The number of amides is 1. The molecule has 8 heteroatoms. The topological polar surface area (TPSA) is 93.9 Å². The van der Waals surface area contributed by atoms with Crippen LogP contribution in [-0.4, -0.2) is 40.6 Å². The summed E-state index contributed by atoms with van der Waals surface area (Å²) in [5.74, 6) is 0.408. The molecule has 32 heavy (non-hydrogen) atoms. The van der Waals surface area contributed by atoms with Crippen LogP contribution < -0.4 is 5.32 Å². The number of hydrogen-bond donors (Lipinski definition) is 1. The van der Waals surface area contributed by atoms with Gasteiger partial charge in [-0.2, -0.15) is 5.10 Å². The number of aromatic nitrogens is 3. The van der Waals surface area contributed by atoms with Gasteiger partial charge in [0.2, 0.25) is 0 Å². The van der Waals surface area contributed by atoms with Crippen LogP contribution in [0.4, 0.5) is 5.69 Å². The summed E-state index contributed by atoms with van der Waals surface area (Å²) in [6.45, 7) is 4.00. The second kappa shape index (κ2) is 7.99. The summed E-state index contributed by atoms with van der Waals surface area (Å²) in [6.07, 6.45) is 4.74. The third-order valence-electron chi connectivity index (χ3n) is 6.40. The summed E-state index contributed by atoms with van der Waals surface area (Å²) < 4.78 is 25.9. The fourth-order valence-electron chi connectivity index (χ4n) is 4.56. The quantitative estimate of drug-likeness (QED) is 0.605. The van der Waals surface area contributed by atoms with Gasteiger partial charge in [0.15, 0.2) is 15.5 Å². The summed E-state index contributed by atoms with van der Waals surface area (Å²) in [5.41, 5.74) is 4.76. The van der Waals surface area contributed by atoms with Crippen LogP contribution in [0.5, 0.6) is 0 Å². The first-order chi connectivity index (χ1) is 15.3. The maximum atomic E-state index is 13.3. The van der Waals surface area contributed by atoms with Gasteiger partial charge in [-0.05, 0) is 56.4 Å². The molecule has 0 spiro atoms. The minimum Gasteiger partial charge on any atom is -0.322 e. The van der Waals surface area contributed by atoms with Crippen molar-refractivity contribution in [2.45, 2.75) is 57.9 Å². The van der Waals surface area contributed by atoms with E-state index < -0.39 is 9.84 Å². The molecule has 1 aromatic carbocycles. The lowest BCUT2D eigenvalue weighted by Crippen LogP contribution is -2.15. The number of fused-ring (bicyclic) bond motifs is 1. The number of anilines is 1. The molecule has 3 heterocycles. The van der Waals surface area contributed by atoms with Crippen molar-refractivity contribution in [3.8, 4) is 0 Å². The molecule has 168 valence electrons. The van der Waals surface area contributed by atoms with Gasteiger partial charge in [0.25, 0.3) is 5.91 Å². The van der Waals surface area contributed by atoms with Crippen LogP contribution in [0.25, 0.3) is 11.0 Å². The number of nitrogens with zero attached hydrogens (tertiary/aromatic N) is 3. The van der Waals surface area contributed by atoms with Crippen molar-refractivity contribution in [1.29, 1.82) is 0 Å². The van der Waals surface area contributed by atoms with E-state index >= 15 is 0 Å². The monoisotopic (exact) mass is 452 g/mol. The van der Waals surface area contributed by atoms with Crippen molar-refractivity contribution in [3.63, 3.8) is 0 Å². The predicted octanol–water partition coefficient (Wildman–Crippen LogP) is 4.18. The smallest absolute Gasteiger partial charge is 0.256 e. The van der Waals surface area contributed by atoms with Gasteiger partial charge >= 0.3 is 0 Å². The van der Waals surface area contributed by atoms with Gasteiger partial charge in [-0.25, -0.2) is 18.1 Å². The zero-order chi connectivity index (χ0) is 22.5. The highest BCUT2D eigenvalue weighted by Crippen LogP contribution is 2.41. The molecule has 1 unspecified atom stereocenters. The van der Waals surface area contributed by atoms with E-state index in [0.717, 1.165) is 37.1 Å². The Bertz CT molecular complexity index is 1290. The summed E-state index contributed by atoms with van der Waals surface area (Å²) in [6, 6.07) is 9.61. The molecular formula is C24H28N4O3S. The van der Waals surface area contributed by atoms with E-state index in [2.05, 4.69) is 17.3 Å². The minimum absolute atomic E-state index is 0.0736. The highest BCUT2D eigenvalue weighted by Gasteiger charge is 2.34. The Hall–Kier alpha value is -2.74. The van der Waals surface area contributed by atoms with Crippen molar-refractivity contribution in [2.24, 2.45) is 0 Å². The maximum Gasteiger partial charge on any atom is 0.256 e. The van der Waals surface area contributed by atoms with Crippen molar-refractivity contribution in [1.82, 2.24) is 14.8 Å². The third-order valence-corrected chi connectivity index (χ3v) is 8.15. The fourth-order valence-corrected chi connectivity index (χ4v) is 6.26. The zero-order valence-electron chi connectivity index (χ0n) is 18.5. The minimum atomic E-state index is -3.06. The average Bonchev–Trinajstić information content (AvgIpc) is 3.48. The highest BCUT2D eigenvalue weighted by atomic mass is 32.2. The molecule has 5 rings (SSSR count). The van der Waals surface area contributed by atoms with Gasteiger partial charge in [-0.15, -0.1) is 0 Å². The number of aryl methyl sites for hydroxylation is 2. The standard InChI is InChI=1S/C24H28N4O3S/c1-3-4-16-5-9-18(10-6-16)25-24(29)20-13-21(17-7-8-17)26-23-22(20)15(2)27-28(23)19-11-12-32(30,31)14-19/h5-6,9-10,13,17,19H,3-4,7-8,11-12,14H2,1-2H3,(H,25,29). The second-order valence-corrected chi connectivity index (χ2v) is 11.3. The van der Waals surface area contributed by atoms with Gasteiger partial charge < -0.3 is 5.32 Å². The summed E-state index contributed by atoms with van der Waals surface area (Å²) in [7, 11) is -3.06. The Morgan fingerprint density at radius 2 is 1.94 bits per heavy atom. The number of hydrogen-bond acceptors (Lipinski definition) is 5. The second-order valence-electron chi connectivity index (χ2n) is 9.06. The first kappa shape index (κ1) is 21.1. The molecule has 1 saturated carbocycles. The first-order valence-corrected chi connectivity index (χ1v) is 13.2. The molecule has 2 fully saturated rings. The molecular weight excluding hydrogens is 424 g/mol. The summed E-state index contributed by atoms with van der Waals surface area (Å²) in [4.78, 5) is 18.2. The number of carbonyl (C=O) groups is 1.